The van der Waals surface area contributed by atoms with Crippen molar-refractivity contribution in [1.29, 1.82) is 0 Å². The summed E-state index contributed by atoms with van der Waals surface area (Å²) in [4.78, 5) is 12.1. The highest BCUT2D eigenvalue weighted by molar-refractivity contribution is 5.88. The first-order chi connectivity index (χ1) is 9.04. The minimum atomic E-state index is -0.304. The van der Waals surface area contributed by atoms with Crippen LogP contribution in [-0.2, 0) is 10.2 Å². The second kappa shape index (κ2) is 5.74. The first-order valence-electron chi connectivity index (χ1n) is 7.03. The molecule has 0 unspecified atom stereocenters. The van der Waals surface area contributed by atoms with Crippen LogP contribution in [0.5, 0.6) is 5.75 Å². The van der Waals surface area contributed by atoms with Crippen LogP contribution in [0.15, 0.2) is 24.3 Å². The molecule has 2 rings (SSSR count). The summed E-state index contributed by atoms with van der Waals surface area (Å²) in [6.07, 6.45) is 1.94. The lowest BCUT2D eigenvalue weighted by Gasteiger charge is -2.36. The molecule has 1 aliphatic heterocycles. The number of nitrogens with one attached hydrogen (secondary N) is 1. The van der Waals surface area contributed by atoms with E-state index in [1.54, 1.807) is 6.92 Å². The van der Waals surface area contributed by atoms with E-state index in [1.165, 1.54) is 0 Å². The predicted molar refractivity (Wildman–Crippen MR) is 76.7 cm³/mol. The Labute approximate surface area is 115 Å². The molecule has 1 heterocycles. The molecule has 3 nitrogen and oxygen atoms in total. The van der Waals surface area contributed by atoms with Gasteiger partial charge in [0.15, 0.2) is 0 Å². The minimum absolute atomic E-state index is 0.173. The Morgan fingerprint density at radius 2 is 1.79 bits per heavy atom. The van der Waals surface area contributed by atoms with E-state index in [1.807, 2.05) is 38.1 Å². The van der Waals surface area contributed by atoms with Crippen molar-refractivity contribution in [3.63, 3.8) is 0 Å². The van der Waals surface area contributed by atoms with Crippen LogP contribution >= 0.6 is 0 Å². The highest BCUT2D eigenvalue weighted by Crippen LogP contribution is 2.35. The van der Waals surface area contributed by atoms with Gasteiger partial charge in [-0.1, -0.05) is 12.1 Å². The summed E-state index contributed by atoms with van der Waals surface area (Å²) in [6, 6.07) is 8.04. The average Bonchev–Trinajstić information content (AvgIpc) is 2.39. The zero-order chi connectivity index (χ0) is 13.9. The van der Waals surface area contributed by atoms with Crippen LogP contribution in [0.2, 0.25) is 0 Å². The highest BCUT2D eigenvalue weighted by atomic mass is 16.5. The van der Waals surface area contributed by atoms with Crippen molar-refractivity contribution in [3.8, 4) is 5.75 Å². The fourth-order valence-electron chi connectivity index (χ4n) is 2.82. The summed E-state index contributed by atoms with van der Waals surface area (Å²) in [7, 11) is 0. The fourth-order valence-corrected chi connectivity index (χ4v) is 2.82. The number of ketones is 1. The van der Waals surface area contributed by atoms with Gasteiger partial charge in [-0.15, -0.1) is 0 Å². The third-order valence-electron chi connectivity index (χ3n) is 3.91. The summed E-state index contributed by atoms with van der Waals surface area (Å²) < 4.78 is 5.65. The number of Topliss-reactive ketones (excluding diaryl/α,β-unsaturated/α-hetero) is 1. The maximum Gasteiger partial charge on any atom is 0.140 e. The molecule has 1 N–H and O–H groups in total. The molecule has 1 saturated heterocycles. The van der Waals surface area contributed by atoms with Gasteiger partial charge in [0, 0.05) is 0 Å². The van der Waals surface area contributed by atoms with Gasteiger partial charge >= 0.3 is 0 Å². The van der Waals surface area contributed by atoms with E-state index < -0.39 is 0 Å². The summed E-state index contributed by atoms with van der Waals surface area (Å²) in [5.41, 5.74) is 0.819. The first kappa shape index (κ1) is 14.1. The Kier molecular flexibility index (Phi) is 4.25. The molecule has 0 aromatic heterocycles. The van der Waals surface area contributed by atoms with Crippen LogP contribution in [0.3, 0.4) is 0 Å². The van der Waals surface area contributed by atoms with E-state index >= 15 is 0 Å². The molecule has 0 bridgehead atoms. The second-order valence-corrected chi connectivity index (χ2v) is 5.58. The van der Waals surface area contributed by atoms with Gasteiger partial charge in [-0.3, -0.25) is 4.79 Å². The number of carbonyl (C=O) groups excluding carboxylic acids is 1. The molecule has 0 saturated carbocycles. The Hall–Kier alpha value is -1.35. The molecule has 0 radical (unpaired) electrons. The van der Waals surface area contributed by atoms with Crippen LogP contribution in [0.4, 0.5) is 0 Å². The van der Waals surface area contributed by atoms with Crippen molar-refractivity contribution >= 4 is 5.78 Å². The quantitative estimate of drug-likeness (QED) is 0.905. The van der Waals surface area contributed by atoms with Gasteiger partial charge < -0.3 is 10.1 Å². The molecule has 0 aliphatic carbocycles. The Morgan fingerprint density at radius 3 is 2.26 bits per heavy atom. The lowest BCUT2D eigenvalue weighted by Crippen LogP contribution is -2.44. The molecule has 104 valence electrons. The third-order valence-corrected chi connectivity index (χ3v) is 3.91. The van der Waals surface area contributed by atoms with E-state index in [4.69, 9.17) is 4.74 Å². The molecule has 1 aliphatic rings. The van der Waals surface area contributed by atoms with E-state index in [-0.39, 0.29) is 17.3 Å². The third kappa shape index (κ3) is 2.98. The van der Waals surface area contributed by atoms with Crippen LogP contribution in [0.25, 0.3) is 0 Å². The Morgan fingerprint density at radius 1 is 1.21 bits per heavy atom. The fraction of sp³-hybridized carbons (Fsp3) is 0.562. The van der Waals surface area contributed by atoms with Crippen molar-refractivity contribution in [1.82, 2.24) is 5.32 Å². The van der Waals surface area contributed by atoms with E-state index in [0.29, 0.717) is 0 Å². The van der Waals surface area contributed by atoms with Gasteiger partial charge in [0.25, 0.3) is 0 Å². The topological polar surface area (TPSA) is 38.3 Å². The number of hydrogen-bond donors (Lipinski definition) is 1. The van der Waals surface area contributed by atoms with Crippen LogP contribution in [-0.4, -0.2) is 25.0 Å². The number of hydrogen-bond acceptors (Lipinski definition) is 3. The summed E-state index contributed by atoms with van der Waals surface area (Å²) in [6.45, 7) is 7.55. The first-order valence-corrected chi connectivity index (χ1v) is 7.03. The van der Waals surface area contributed by atoms with Crippen LogP contribution in [0.1, 0.15) is 39.2 Å². The maximum atomic E-state index is 12.1. The standard InChI is InChI=1S/C16H23NO2/c1-12(2)19-15-6-4-14(5-7-15)16(13(3)18)8-10-17-11-9-16/h4-7,12,17H,8-11H2,1-3H3. The maximum absolute atomic E-state index is 12.1. The van der Waals surface area contributed by atoms with Crippen molar-refractivity contribution < 1.29 is 9.53 Å². The van der Waals surface area contributed by atoms with E-state index in [2.05, 4.69) is 5.32 Å². The number of carbonyl (C=O) groups is 1. The lowest BCUT2D eigenvalue weighted by atomic mass is 9.70. The normalized spacial score (nSPS) is 18.3. The van der Waals surface area contributed by atoms with E-state index in [0.717, 1.165) is 37.2 Å². The van der Waals surface area contributed by atoms with Crippen molar-refractivity contribution in [2.45, 2.75) is 45.1 Å². The monoisotopic (exact) mass is 261 g/mol. The number of piperidine rings is 1. The Bertz CT molecular complexity index is 431. The molecule has 1 aromatic carbocycles. The second-order valence-electron chi connectivity index (χ2n) is 5.58. The molecule has 19 heavy (non-hydrogen) atoms. The molecular formula is C16H23NO2. The Balaban J connectivity index is 2.25. The number of rotatable bonds is 4. The summed E-state index contributed by atoms with van der Waals surface area (Å²) in [5.74, 6) is 1.14. The molecule has 3 heteroatoms. The van der Waals surface area contributed by atoms with Gasteiger partial charge in [-0.25, -0.2) is 0 Å². The molecule has 0 amide bonds. The predicted octanol–water partition coefficient (Wildman–Crippen LogP) is 2.68. The zero-order valence-corrected chi connectivity index (χ0v) is 12.0. The lowest BCUT2D eigenvalue weighted by molar-refractivity contribution is -0.123. The summed E-state index contributed by atoms with van der Waals surface area (Å²) >= 11 is 0. The van der Waals surface area contributed by atoms with Gasteiger partial charge in [-0.2, -0.15) is 0 Å². The average molecular weight is 261 g/mol. The van der Waals surface area contributed by atoms with Crippen molar-refractivity contribution in [2.24, 2.45) is 0 Å². The van der Waals surface area contributed by atoms with Crippen molar-refractivity contribution in [2.75, 3.05) is 13.1 Å². The molecule has 1 aromatic rings. The molecule has 0 spiro atoms. The molecular weight excluding hydrogens is 238 g/mol. The minimum Gasteiger partial charge on any atom is -0.491 e. The van der Waals surface area contributed by atoms with Gasteiger partial charge in [0.1, 0.15) is 11.5 Å². The smallest absolute Gasteiger partial charge is 0.140 e. The highest BCUT2D eigenvalue weighted by Gasteiger charge is 2.38. The largest absolute Gasteiger partial charge is 0.491 e. The van der Waals surface area contributed by atoms with Gasteiger partial charge in [0.05, 0.1) is 11.5 Å². The zero-order valence-electron chi connectivity index (χ0n) is 12.0. The van der Waals surface area contributed by atoms with Gasteiger partial charge in [0.2, 0.25) is 0 Å². The van der Waals surface area contributed by atoms with E-state index in [9.17, 15) is 4.79 Å². The summed E-state index contributed by atoms with van der Waals surface area (Å²) in [5, 5.41) is 3.32. The number of benzene rings is 1. The molecule has 0 atom stereocenters. The number of ether oxygens (including phenoxy) is 1. The van der Waals surface area contributed by atoms with Gasteiger partial charge in [-0.05, 0) is 64.4 Å². The molecule has 1 fully saturated rings. The van der Waals surface area contributed by atoms with Crippen LogP contribution < -0.4 is 10.1 Å². The van der Waals surface area contributed by atoms with Crippen molar-refractivity contribution in [3.05, 3.63) is 29.8 Å². The van der Waals surface area contributed by atoms with Crippen LogP contribution in [0, 0.1) is 0 Å². The SMILES string of the molecule is CC(=O)C1(c2ccc(OC(C)C)cc2)CCNCC1.